The van der Waals surface area contributed by atoms with Gasteiger partial charge in [0.2, 0.25) is 11.8 Å². The summed E-state index contributed by atoms with van der Waals surface area (Å²) in [5.74, 6) is 0.506. The zero-order valence-corrected chi connectivity index (χ0v) is 14.9. The van der Waals surface area contributed by atoms with Gasteiger partial charge in [-0.1, -0.05) is 29.8 Å². The summed E-state index contributed by atoms with van der Waals surface area (Å²) >= 11 is 0. The van der Waals surface area contributed by atoms with E-state index < -0.39 is 0 Å². The number of hydrogen-bond donors (Lipinski definition) is 0. The lowest BCUT2D eigenvalue weighted by Gasteiger charge is -2.26. The zero-order chi connectivity index (χ0) is 17.2. The first-order chi connectivity index (χ1) is 11.5. The molecule has 1 aromatic carbocycles. The molecule has 0 N–H and O–H groups in total. The van der Waals surface area contributed by atoms with Crippen molar-refractivity contribution >= 4 is 11.8 Å². The summed E-state index contributed by atoms with van der Waals surface area (Å²) in [7, 11) is 0. The van der Waals surface area contributed by atoms with Crippen LogP contribution < -0.4 is 0 Å². The Kier molecular flexibility index (Phi) is 4.93. The summed E-state index contributed by atoms with van der Waals surface area (Å²) in [4.78, 5) is 29.3. The summed E-state index contributed by atoms with van der Waals surface area (Å²) in [5.41, 5.74) is 2.08. The van der Waals surface area contributed by atoms with Gasteiger partial charge < -0.3 is 9.80 Å². The van der Waals surface area contributed by atoms with Crippen molar-refractivity contribution in [1.82, 2.24) is 9.80 Å². The van der Waals surface area contributed by atoms with Gasteiger partial charge in [-0.25, -0.2) is 0 Å². The van der Waals surface area contributed by atoms with E-state index in [0.717, 1.165) is 50.9 Å². The maximum absolute atomic E-state index is 12.7. The van der Waals surface area contributed by atoms with Crippen LogP contribution in [0.2, 0.25) is 0 Å². The van der Waals surface area contributed by atoms with Gasteiger partial charge in [0.05, 0.1) is 11.8 Å². The molecule has 0 bridgehead atoms. The Balaban J connectivity index is 1.62. The van der Waals surface area contributed by atoms with Crippen molar-refractivity contribution in [3.63, 3.8) is 0 Å². The number of amides is 2. The number of aryl methyl sites for hydroxylation is 1. The van der Waals surface area contributed by atoms with Crippen molar-refractivity contribution in [2.45, 2.75) is 46.0 Å². The Bertz CT molecular complexity index is 611. The first kappa shape index (κ1) is 17.0. The van der Waals surface area contributed by atoms with Crippen LogP contribution >= 0.6 is 0 Å². The van der Waals surface area contributed by atoms with E-state index in [4.69, 9.17) is 0 Å². The van der Waals surface area contributed by atoms with E-state index in [-0.39, 0.29) is 11.3 Å². The molecule has 0 unspecified atom stereocenters. The lowest BCUT2D eigenvalue weighted by atomic mass is 9.79. The number of rotatable bonds is 3. The molecular weight excluding hydrogens is 300 g/mol. The topological polar surface area (TPSA) is 40.6 Å². The van der Waals surface area contributed by atoms with Gasteiger partial charge in [0.25, 0.3) is 0 Å². The lowest BCUT2D eigenvalue weighted by Crippen LogP contribution is -2.37. The predicted molar refractivity (Wildman–Crippen MR) is 94.6 cm³/mol. The number of likely N-dealkylation sites (tertiary alicyclic amines) is 2. The number of carbonyl (C=O) groups excluding carboxylic acids is 2. The van der Waals surface area contributed by atoms with E-state index >= 15 is 0 Å². The summed E-state index contributed by atoms with van der Waals surface area (Å²) < 4.78 is 0. The molecule has 0 aromatic heterocycles. The van der Waals surface area contributed by atoms with E-state index in [1.165, 1.54) is 5.56 Å². The molecule has 2 aliphatic heterocycles. The SMILES string of the molecule is CCN1CC[C@]2(CCCN(C(=O)Cc3ccc(C)cc3)CC2)C1=O. The highest BCUT2D eigenvalue weighted by molar-refractivity contribution is 5.85. The number of benzene rings is 1. The molecule has 24 heavy (non-hydrogen) atoms. The fourth-order valence-corrected chi connectivity index (χ4v) is 4.09. The molecule has 0 radical (unpaired) electrons. The van der Waals surface area contributed by atoms with Crippen LogP contribution in [-0.4, -0.2) is 47.8 Å². The maximum atomic E-state index is 12.7. The van der Waals surface area contributed by atoms with Crippen LogP contribution in [0.4, 0.5) is 0 Å². The average molecular weight is 328 g/mol. The van der Waals surface area contributed by atoms with Crippen LogP contribution in [-0.2, 0) is 16.0 Å². The molecule has 1 atom stereocenters. The predicted octanol–water partition coefficient (Wildman–Crippen LogP) is 2.79. The largest absolute Gasteiger partial charge is 0.342 e. The summed E-state index contributed by atoms with van der Waals surface area (Å²) in [5, 5.41) is 0. The third-order valence-electron chi connectivity index (χ3n) is 5.76. The van der Waals surface area contributed by atoms with Crippen LogP contribution in [0.3, 0.4) is 0 Å². The zero-order valence-electron chi connectivity index (χ0n) is 14.9. The number of hydrogen-bond acceptors (Lipinski definition) is 2. The quantitative estimate of drug-likeness (QED) is 0.856. The second-order valence-corrected chi connectivity index (χ2v) is 7.31. The van der Waals surface area contributed by atoms with Crippen molar-refractivity contribution in [3.8, 4) is 0 Å². The molecule has 1 spiro atoms. The number of carbonyl (C=O) groups is 2. The van der Waals surface area contributed by atoms with E-state index in [1.54, 1.807) is 0 Å². The first-order valence-electron chi connectivity index (χ1n) is 9.17. The van der Waals surface area contributed by atoms with Crippen LogP contribution in [0.15, 0.2) is 24.3 Å². The van der Waals surface area contributed by atoms with Gasteiger partial charge in [-0.05, 0) is 45.1 Å². The Morgan fingerprint density at radius 1 is 1.08 bits per heavy atom. The van der Waals surface area contributed by atoms with Gasteiger partial charge in [0.15, 0.2) is 0 Å². The normalized spacial score (nSPS) is 24.5. The van der Waals surface area contributed by atoms with Gasteiger partial charge in [-0.2, -0.15) is 0 Å². The molecule has 2 saturated heterocycles. The maximum Gasteiger partial charge on any atom is 0.228 e. The fourth-order valence-electron chi connectivity index (χ4n) is 4.09. The van der Waals surface area contributed by atoms with Gasteiger partial charge >= 0.3 is 0 Å². The standard InChI is InChI=1S/C20H28N2O2/c1-3-21-13-10-20(19(21)24)9-4-12-22(14-11-20)18(23)15-17-7-5-16(2)6-8-17/h5-8H,3-4,9-15H2,1-2H3/t20-/m0/s1. The highest BCUT2D eigenvalue weighted by Gasteiger charge is 2.46. The van der Waals surface area contributed by atoms with Crippen molar-refractivity contribution in [1.29, 1.82) is 0 Å². The van der Waals surface area contributed by atoms with Crippen molar-refractivity contribution in [3.05, 3.63) is 35.4 Å². The molecule has 2 fully saturated rings. The van der Waals surface area contributed by atoms with E-state index in [2.05, 4.69) is 19.1 Å². The van der Waals surface area contributed by atoms with Crippen LogP contribution in [0.25, 0.3) is 0 Å². The van der Waals surface area contributed by atoms with Gasteiger partial charge in [-0.15, -0.1) is 0 Å². The molecular formula is C20H28N2O2. The minimum Gasteiger partial charge on any atom is -0.342 e. The van der Waals surface area contributed by atoms with Gasteiger partial charge in [0, 0.05) is 26.2 Å². The molecule has 130 valence electrons. The highest BCUT2D eigenvalue weighted by Crippen LogP contribution is 2.41. The van der Waals surface area contributed by atoms with Gasteiger partial charge in [0.1, 0.15) is 0 Å². The second-order valence-electron chi connectivity index (χ2n) is 7.31. The summed E-state index contributed by atoms with van der Waals surface area (Å²) in [6.07, 6.45) is 4.10. The molecule has 2 amide bonds. The van der Waals surface area contributed by atoms with Crippen LogP contribution in [0.5, 0.6) is 0 Å². The minimum absolute atomic E-state index is 0.189. The Labute approximate surface area is 144 Å². The van der Waals surface area contributed by atoms with Crippen molar-refractivity contribution < 1.29 is 9.59 Å². The molecule has 4 heteroatoms. The molecule has 1 aromatic rings. The van der Waals surface area contributed by atoms with Crippen LogP contribution in [0, 0.1) is 12.3 Å². The smallest absolute Gasteiger partial charge is 0.228 e. The highest BCUT2D eigenvalue weighted by atomic mass is 16.2. The fraction of sp³-hybridized carbons (Fsp3) is 0.600. The third kappa shape index (κ3) is 3.33. The van der Waals surface area contributed by atoms with E-state index in [1.807, 2.05) is 28.9 Å². The molecule has 3 rings (SSSR count). The monoisotopic (exact) mass is 328 g/mol. The molecule has 2 aliphatic rings. The van der Waals surface area contributed by atoms with E-state index in [0.29, 0.717) is 18.9 Å². The van der Waals surface area contributed by atoms with Crippen molar-refractivity contribution in [2.24, 2.45) is 5.41 Å². The molecule has 0 saturated carbocycles. The third-order valence-corrected chi connectivity index (χ3v) is 5.76. The molecule has 2 heterocycles. The molecule has 4 nitrogen and oxygen atoms in total. The Morgan fingerprint density at radius 2 is 1.79 bits per heavy atom. The number of nitrogens with zero attached hydrogens (tertiary/aromatic N) is 2. The Hall–Kier alpha value is -1.84. The lowest BCUT2D eigenvalue weighted by molar-refractivity contribution is -0.137. The van der Waals surface area contributed by atoms with Gasteiger partial charge in [-0.3, -0.25) is 9.59 Å². The first-order valence-corrected chi connectivity index (χ1v) is 9.17. The minimum atomic E-state index is -0.200. The average Bonchev–Trinajstić information content (AvgIpc) is 2.75. The summed E-state index contributed by atoms with van der Waals surface area (Å²) in [6.45, 7) is 7.28. The van der Waals surface area contributed by atoms with Crippen LogP contribution in [0.1, 0.15) is 43.7 Å². The van der Waals surface area contributed by atoms with E-state index in [9.17, 15) is 9.59 Å². The Morgan fingerprint density at radius 3 is 2.46 bits per heavy atom. The summed E-state index contributed by atoms with van der Waals surface area (Å²) in [6, 6.07) is 8.17. The second kappa shape index (κ2) is 6.96. The van der Waals surface area contributed by atoms with Crippen molar-refractivity contribution in [2.75, 3.05) is 26.2 Å². The molecule has 0 aliphatic carbocycles.